The normalized spacial score (nSPS) is 23.8. The maximum absolute atomic E-state index is 15.2. The first-order chi connectivity index (χ1) is 48.3. The van der Waals surface area contributed by atoms with Crippen LogP contribution in [0.4, 0.5) is 0 Å². The fourth-order valence-corrected chi connectivity index (χ4v) is 16.7. The molecule has 1 aromatic carbocycles. The zero-order valence-corrected chi connectivity index (χ0v) is 59.4. The maximum Gasteiger partial charge on any atom is 0.358 e. The van der Waals surface area contributed by atoms with Gasteiger partial charge in [0.05, 0.1) is 55.9 Å². The van der Waals surface area contributed by atoms with Crippen LogP contribution in [-0.4, -0.2) is 221 Å². The second-order valence-corrected chi connectivity index (χ2v) is 29.0. The molecule has 0 spiro atoms. The Hall–Kier alpha value is -8.83. The molecule has 32 nitrogen and oxygen atoms in total. The zero-order valence-electron chi connectivity index (χ0n) is 55.4. The molecule has 12 rings (SSSR count). The van der Waals surface area contributed by atoms with Crippen molar-refractivity contribution in [1.29, 1.82) is 0 Å². The van der Waals surface area contributed by atoms with Crippen molar-refractivity contribution in [3.8, 4) is 38.4 Å². The van der Waals surface area contributed by atoms with E-state index in [0.717, 1.165) is 56.7 Å². The van der Waals surface area contributed by atoms with E-state index < -0.39 is 133 Å². The Kier molecular flexibility index (Phi) is 21.4. The highest BCUT2D eigenvalue weighted by Gasteiger charge is 2.50. The number of aliphatic hydroxyl groups excluding tert-OH is 2. The molecule has 7 aromatic heterocycles. The number of allylic oxidation sites excluding steroid dienone is 1. The molecule has 37 heteroatoms. The molecule has 12 bridgehead atoms. The number of hydrogen-bond acceptors (Lipinski definition) is 31. The van der Waals surface area contributed by atoms with Crippen LogP contribution in [0.15, 0.2) is 57.7 Å². The molecule has 4 aliphatic heterocycles. The predicted octanol–water partition coefficient (Wildman–Crippen LogP) is 4.21. The van der Waals surface area contributed by atoms with E-state index in [-0.39, 0.29) is 117 Å². The van der Waals surface area contributed by atoms with Gasteiger partial charge in [-0.05, 0) is 66.0 Å². The molecule has 0 aliphatic carbocycles. The number of ether oxygens (including phenoxy) is 6. The number of aromatic nitrogens is 7. The molecule has 534 valence electrons. The van der Waals surface area contributed by atoms with Gasteiger partial charge >= 0.3 is 11.9 Å². The number of nitrogens with zero attached hydrogens (tertiary/aromatic N) is 9. The number of hydrogen-bond donors (Lipinski definition) is 10. The molecule has 11 heterocycles. The van der Waals surface area contributed by atoms with E-state index in [1.165, 1.54) is 55.4 Å². The highest BCUT2D eigenvalue weighted by molar-refractivity contribution is 7.14. The molecule has 101 heavy (non-hydrogen) atoms. The molecule has 8 aromatic rings. The number of pyridine rings is 1. The largest absolute Gasteiger partial charge is 0.506 e. The molecule has 10 unspecified atom stereocenters. The second kappa shape index (κ2) is 30.0. The fraction of sp³-hybridized carbons (Fsp3) is 0.422. The van der Waals surface area contributed by atoms with Crippen LogP contribution in [0, 0.1) is 0 Å². The monoisotopic (exact) mass is 1480 g/mol. The molecule has 4 aliphatic rings. The molecule has 5 amide bonds. The first-order valence-corrected chi connectivity index (χ1v) is 36.0. The summed E-state index contributed by atoms with van der Waals surface area (Å²) in [7, 11) is 4.86. The number of cyclic esters (lactones) is 2. The third-order valence-corrected chi connectivity index (χ3v) is 21.9. The number of likely N-dealkylation sites (N-methyl/N-ethyl adjacent to an activating group) is 2. The van der Waals surface area contributed by atoms with E-state index in [1.54, 1.807) is 50.4 Å². The van der Waals surface area contributed by atoms with Crippen molar-refractivity contribution in [2.24, 2.45) is 0 Å². The highest BCUT2D eigenvalue weighted by Crippen LogP contribution is 2.43. The van der Waals surface area contributed by atoms with Crippen LogP contribution in [0.5, 0.6) is 5.75 Å². The van der Waals surface area contributed by atoms with Gasteiger partial charge in [-0.25, -0.2) is 39.5 Å². The summed E-state index contributed by atoms with van der Waals surface area (Å²) < 4.78 is 38.3. The number of amides is 5. The van der Waals surface area contributed by atoms with Gasteiger partial charge in [-0.2, -0.15) is 4.73 Å². The van der Waals surface area contributed by atoms with Gasteiger partial charge in [0.1, 0.15) is 119 Å². The second-order valence-electron chi connectivity index (χ2n) is 24.4. The minimum absolute atomic E-state index is 0.00731. The zero-order chi connectivity index (χ0) is 71.9. The van der Waals surface area contributed by atoms with Gasteiger partial charge in [0.25, 0.3) is 23.6 Å². The number of nitrogens with one attached hydrogen (secondary N) is 5. The number of methoxy groups -OCH3 is 1. The van der Waals surface area contributed by atoms with E-state index in [9.17, 15) is 40.0 Å². The van der Waals surface area contributed by atoms with Crippen molar-refractivity contribution in [3.63, 3.8) is 0 Å². The van der Waals surface area contributed by atoms with Crippen LogP contribution < -0.4 is 26.6 Å². The van der Waals surface area contributed by atoms with Crippen LogP contribution in [0.2, 0.25) is 0 Å². The summed E-state index contributed by atoms with van der Waals surface area (Å²) in [4.78, 5) is 135. The van der Waals surface area contributed by atoms with Gasteiger partial charge < -0.3 is 85.5 Å². The van der Waals surface area contributed by atoms with Gasteiger partial charge in [-0.1, -0.05) is 19.1 Å². The minimum atomic E-state index is -1.91. The standard InChI is InChI=1S/C64H70N14O18S5/c1-9-77(15-16-79)14-13-65-52(82)35-24-100-61(70-35)46-39(81)17-31-45(72-46)34-23-98-58(68-34)33-22-94-62(87)48-32-21-92-49(50(96-41-18-64(5,89)51(76(6)7)29(4)95-41)63(88)93-20-30-11-10-12-38(42(30)32)78(48)90)47(59-66-19-40(101-59)55(85)67-33)75-54(84)37-26-99-60(71-37)44(28(3)91-8)74-56(86)43(27(2)80)73-53(83)36-25-97-57(31)69-36/h10-12,17,19,23-27,29,33,41,43,47,49-51,79-81,89-90H,9,13-16,18,20-22H2,1-8H3,(H,65,82)(H,67,85)(H,73,83)(H,74,86)(H,75,84). The summed E-state index contributed by atoms with van der Waals surface area (Å²) in [6.45, 7) is 7.94. The van der Waals surface area contributed by atoms with Gasteiger partial charge in [0.2, 0.25) is 5.91 Å². The fourth-order valence-electron chi connectivity index (χ4n) is 12.5. The lowest BCUT2D eigenvalue weighted by molar-refractivity contribution is -0.280. The number of carbonyl (C=O) groups excluding carboxylic acids is 7. The van der Waals surface area contributed by atoms with E-state index in [4.69, 9.17) is 38.4 Å². The number of fused-ring (bicyclic) bond motifs is 15. The number of benzene rings is 1. The van der Waals surface area contributed by atoms with Crippen LogP contribution in [-0.2, 0) is 51.2 Å². The Morgan fingerprint density at radius 2 is 1.62 bits per heavy atom. The molecule has 10 atom stereocenters. The first-order valence-electron chi connectivity index (χ1n) is 31.6. The summed E-state index contributed by atoms with van der Waals surface area (Å²) in [5, 5.41) is 76.9. The molecule has 1 fully saturated rings. The number of carbonyl (C=O) groups is 7. The van der Waals surface area contributed by atoms with E-state index in [1.807, 2.05) is 11.8 Å². The van der Waals surface area contributed by atoms with Crippen molar-refractivity contribution in [2.45, 2.75) is 115 Å². The Morgan fingerprint density at radius 3 is 2.35 bits per heavy atom. The predicted molar refractivity (Wildman–Crippen MR) is 366 cm³/mol. The number of aromatic hydroxyl groups is 1. The van der Waals surface area contributed by atoms with E-state index in [2.05, 4.69) is 46.5 Å². The average molecular weight is 1480 g/mol. The Balaban J connectivity index is 1.02. The lowest BCUT2D eigenvalue weighted by atomic mass is 9.85. The third-order valence-electron chi connectivity index (χ3n) is 17.3. The quantitative estimate of drug-likeness (QED) is 0.0439. The van der Waals surface area contributed by atoms with Crippen molar-refractivity contribution < 1.29 is 87.6 Å². The SMILES string of the molecule is CCN(CCO)CCNC(=O)c1csc(-c2nc3c(cc2O)-c2nc(cs2)C(=O)NC(C(C)O)C(=O)NC(=C(C)OC)c2nc(cs2)C(=O)NC2c4ncc(s4)C(=O)NC(COC(=O)c4c5c6c(cccc6n4O)COC(=O)C(OC4CC(C)(O)C(N(C)C)C(C)O4)C2OC5)c2nc-3cs2)n1. The number of rotatable bonds is 13. The van der Waals surface area contributed by atoms with Gasteiger partial charge in [-0.15, -0.1) is 56.7 Å². The van der Waals surface area contributed by atoms with Gasteiger partial charge in [0.15, 0.2) is 18.1 Å². The van der Waals surface area contributed by atoms with Gasteiger partial charge in [0, 0.05) is 64.1 Å². The maximum atomic E-state index is 15.2. The van der Waals surface area contributed by atoms with Crippen LogP contribution in [0.3, 0.4) is 0 Å². The van der Waals surface area contributed by atoms with Crippen molar-refractivity contribution in [1.82, 2.24) is 71.0 Å². The van der Waals surface area contributed by atoms with Crippen LogP contribution in [0.25, 0.3) is 49.3 Å². The summed E-state index contributed by atoms with van der Waals surface area (Å²) in [5.41, 5.74) is -2.01. The van der Waals surface area contributed by atoms with Crippen LogP contribution in [0.1, 0.15) is 131 Å². The Labute approximate surface area is 595 Å². The Morgan fingerprint density at radius 1 is 0.891 bits per heavy atom. The summed E-state index contributed by atoms with van der Waals surface area (Å²) in [6, 6.07) is 0.805. The smallest absolute Gasteiger partial charge is 0.358 e. The number of aliphatic hydroxyl groups is 3. The van der Waals surface area contributed by atoms with Crippen molar-refractivity contribution in [3.05, 3.63) is 112 Å². The first kappa shape index (κ1) is 72.0. The lowest BCUT2D eigenvalue weighted by Gasteiger charge is -2.48. The molecular formula is C64H70N14O18S5. The highest BCUT2D eigenvalue weighted by atomic mass is 32.1. The number of thiazole rings is 5. The van der Waals surface area contributed by atoms with Gasteiger partial charge in [-0.3, -0.25) is 28.9 Å². The van der Waals surface area contributed by atoms with E-state index >= 15 is 19.2 Å². The average Bonchev–Trinajstić information content (AvgIpc) is 1.64. The molecule has 10 N–H and O–H groups in total. The number of esters is 2. The van der Waals surface area contributed by atoms with E-state index in [0.29, 0.717) is 29.9 Å². The summed E-state index contributed by atoms with van der Waals surface area (Å²) >= 11 is 4.58. The topological polar surface area (TPSA) is 425 Å². The third kappa shape index (κ3) is 14.8. The Bertz CT molecular complexity index is 4540. The lowest BCUT2D eigenvalue weighted by Crippen LogP contribution is -2.62. The van der Waals surface area contributed by atoms with Crippen LogP contribution >= 0.6 is 56.7 Å². The van der Waals surface area contributed by atoms with Crippen molar-refractivity contribution >= 4 is 115 Å². The molecule has 0 radical (unpaired) electrons. The minimum Gasteiger partial charge on any atom is -0.506 e. The summed E-state index contributed by atoms with van der Waals surface area (Å²) in [5.74, 6) is -6.69. The summed E-state index contributed by atoms with van der Waals surface area (Å²) in [6.07, 6.45) is -6.29. The van der Waals surface area contributed by atoms with Crippen molar-refractivity contribution in [2.75, 3.05) is 60.6 Å². The molecule has 0 saturated carbocycles. The molecule has 1 saturated heterocycles. The molecular weight excluding hydrogens is 1410 g/mol.